The van der Waals surface area contributed by atoms with Crippen LogP contribution in [0.25, 0.3) is 0 Å². The van der Waals surface area contributed by atoms with Gasteiger partial charge >= 0.3 is 0 Å². The lowest BCUT2D eigenvalue weighted by atomic mass is 9.94. The van der Waals surface area contributed by atoms with Crippen LogP contribution in [0.15, 0.2) is 0 Å². The fraction of sp³-hybridized carbons (Fsp3) is 1.00. The summed E-state index contributed by atoms with van der Waals surface area (Å²) in [6.45, 7) is -0.0833. The van der Waals surface area contributed by atoms with Crippen molar-refractivity contribution in [2.45, 2.75) is 215 Å². The van der Waals surface area contributed by atoms with Crippen LogP contribution in [-0.4, -0.2) is 395 Å². The summed E-state index contributed by atoms with van der Waals surface area (Å²) in [5.41, 5.74) is 0. The van der Waals surface area contributed by atoms with E-state index in [-0.39, 0.29) is 44.5 Å². The molecule has 18 fully saturated rings. The Labute approximate surface area is 560 Å². The maximum Gasteiger partial charge on any atom is 0.187 e. The smallest absolute Gasteiger partial charge is 0.187 e. The van der Waals surface area contributed by atoms with Crippen LogP contribution in [0.1, 0.15) is 0 Å². The average Bonchev–Trinajstić information content (AvgIpc) is 0.793. The minimum Gasteiger partial charge on any atom is -0.382 e. The number of hydrogen-bond donors (Lipinski definition) is 0. The Balaban J connectivity index is 1.19. The van der Waals surface area contributed by atoms with Crippen molar-refractivity contribution < 1.29 is 156 Å². The number of ether oxygens (including phenoxy) is 33. The Morgan fingerprint density at radius 3 is 0.526 bits per heavy atom. The van der Waals surface area contributed by atoms with E-state index in [1.54, 1.807) is 28.4 Å². The van der Waals surface area contributed by atoms with E-state index in [4.69, 9.17) is 156 Å². The lowest BCUT2D eigenvalue weighted by Crippen LogP contribution is -2.69. The second-order valence-corrected chi connectivity index (χ2v) is 25.2. The predicted molar refractivity (Wildman–Crippen MR) is 323 cm³/mol. The van der Waals surface area contributed by atoms with Gasteiger partial charge in [-0.2, -0.15) is 11.8 Å². The Hall–Kier alpha value is -0.970. The van der Waals surface area contributed by atoms with Crippen LogP contribution in [-0.2, 0) is 156 Å². The molecule has 18 aliphatic rings. The number of hydrogen-bond acceptors (Lipinski definition) is 34. The molecule has 33 nitrogen and oxygen atoms in total. The van der Waals surface area contributed by atoms with Gasteiger partial charge in [0.1, 0.15) is 159 Å². The lowest BCUT2D eigenvalue weighted by Gasteiger charge is -2.53. The summed E-state index contributed by atoms with van der Waals surface area (Å²) < 4.78 is 217. The first-order valence-corrected chi connectivity index (χ1v) is 33.0. The Bertz CT molecular complexity index is 2190. The summed E-state index contributed by atoms with van der Waals surface area (Å²) in [4.78, 5) is 0. The molecule has 18 saturated heterocycles. The maximum absolute atomic E-state index is 7.25. The number of fused-ring (bicyclic) bond motifs is 3. The van der Waals surface area contributed by atoms with E-state index >= 15 is 0 Å². The van der Waals surface area contributed by atoms with Crippen LogP contribution >= 0.6 is 11.8 Å². The van der Waals surface area contributed by atoms with Crippen molar-refractivity contribution in [3.8, 4) is 0 Å². The molecule has 554 valence electrons. The SMILES string of the molecule is COC[C@H]1O[C@@H]2O[C@@H]3[C@@H](OC)[C@@H](OC)[C@@H](O[C@H]4[C@@H](OC)[C@@H](OC)[C@@H]5O[C@@H]6[C@@H](OC)[C@@H](OC)[C@@H](O[C@H]7[C@@H](OC)[C@@H](OC)[C@H](O[C@@H]8[C@@H](OC)[C@@H](OC)[C@@H](O[C@@H]9[C@@H](OC)[C@@H](OC)[C@@H](O[C@@H]1[C@@H](OC)[C@H]2OC)O[C@@H]9COC)O[C@@H]8COC)O[C@H]7CSC[C@@H]4O5)O[C@@H]6COC)O[C@@H]3COC. The molecule has 0 aromatic carbocycles. The Morgan fingerprint density at radius 1 is 0.200 bits per heavy atom. The molecule has 0 radical (unpaired) electrons. The van der Waals surface area contributed by atoms with E-state index in [2.05, 4.69) is 0 Å². The number of rotatable bonds is 24. The van der Waals surface area contributed by atoms with E-state index in [1.807, 2.05) is 0 Å². The molecule has 18 rings (SSSR count). The number of methoxy groups -OCH3 is 19. The zero-order chi connectivity index (χ0) is 68.2. The van der Waals surface area contributed by atoms with Gasteiger partial charge in [0.15, 0.2) is 44.0 Å². The molecule has 0 aliphatic carbocycles. The summed E-state index contributed by atoms with van der Waals surface area (Å²) in [6, 6.07) is 0. The van der Waals surface area contributed by atoms with Gasteiger partial charge in [0.2, 0.25) is 0 Å². The van der Waals surface area contributed by atoms with E-state index in [9.17, 15) is 0 Å². The fourth-order valence-corrected chi connectivity index (χ4v) is 16.0. The normalized spacial score (nSPS) is 47.7. The second-order valence-electron chi connectivity index (χ2n) is 24.1. The van der Waals surface area contributed by atoms with Crippen LogP contribution in [0.3, 0.4) is 0 Å². The van der Waals surface area contributed by atoms with Crippen molar-refractivity contribution in [1.29, 1.82) is 0 Å². The van der Waals surface area contributed by atoms with Crippen molar-refractivity contribution >= 4 is 11.8 Å². The predicted octanol–water partition coefficient (Wildman–Crippen LogP) is -1.04. The summed E-state index contributed by atoms with van der Waals surface area (Å²) in [5, 5.41) is 0. The van der Waals surface area contributed by atoms with Gasteiger partial charge in [0.25, 0.3) is 0 Å². The Morgan fingerprint density at radius 2 is 0.358 bits per heavy atom. The van der Waals surface area contributed by atoms with Gasteiger partial charge in [0.05, 0.1) is 45.2 Å². The van der Waals surface area contributed by atoms with Crippen LogP contribution in [0.2, 0.25) is 0 Å². The summed E-state index contributed by atoms with van der Waals surface area (Å²) in [6.07, 6.45) is -34.9. The van der Waals surface area contributed by atoms with Gasteiger partial charge in [-0.1, -0.05) is 0 Å². The van der Waals surface area contributed by atoms with Crippen molar-refractivity contribution in [1.82, 2.24) is 0 Å². The summed E-state index contributed by atoms with van der Waals surface area (Å²) >= 11 is 1.46. The standard InChI is InChI=1S/C61H106O33S/c1-62-20-27-34-41(67-6)49(75-14)56(82-27)90-36-29(22-64-3)84-58(51(77-16)43(36)69-8)93-39-32-25-95-26-33-40(94-59-52(78-17)45(71-10)38(31(85-59)24-66-5)92-61(87-32)54(80-19)46(39)72-11)47(73-12)53(79-18)60(86-33)91-37-30(23-65-4)83-57(50(76-15)44(37)70-9)89-35-28(21-63-2)81-55(88-34)48(74-13)42(35)68-7/h27-61H,20-26H2,1-19H3/t27-,28-,29-,30-,31-,32+,33+,34+,35+,36+,37+,38+,39-,40-,41-,42-,43-,44-,45-,46-,47-,48-,49-,50-,51-,52-,53-,54-,55-,56-,57-,58-,59-,60+,61+/m1/s1. The highest BCUT2D eigenvalue weighted by Crippen LogP contribution is 2.44. The molecular weight excluding hydrogens is 1290 g/mol. The highest BCUT2D eigenvalue weighted by atomic mass is 32.2. The number of thioether (sulfide) groups is 1. The van der Waals surface area contributed by atoms with Crippen molar-refractivity contribution in [2.24, 2.45) is 0 Å². The van der Waals surface area contributed by atoms with Crippen LogP contribution < -0.4 is 0 Å². The molecule has 34 heteroatoms. The first kappa shape index (κ1) is 78.2. The van der Waals surface area contributed by atoms with Crippen molar-refractivity contribution in [3.63, 3.8) is 0 Å². The third-order valence-electron chi connectivity index (χ3n) is 19.2. The van der Waals surface area contributed by atoms with Crippen molar-refractivity contribution in [3.05, 3.63) is 0 Å². The van der Waals surface area contributed by atoms with Gasteiger partial charge < -0.3 is 156 Å². The van der Waals surface area contributed by atoms with E-state index in [1.165, 1.54) is 118 Å². The Kier molecular flexibility index (Phi) is 30.8. The molecule has 0 aromatic rings. The maximum atomic E-state index is 7.25. The summed E-state index contributed by atoms with van der Waals surface area (Å²) in [5.74, 6) is 0.410. The molecular formula is C61H106O33S. The minimum atomic E-state index is -1.22. The largest absolute Gasteiger partial charge is 0.382 e. The molecule has 18 aliphatic heterocycles. The van der Waals surface area contributed by atoms with Gasteiger partial charge in [-0.25, -0.2) is 0 Å². The minimum absolute atomic E-state index is 0.0172. The van der Waals surface area contributed by atoms with Crippen LogP contribution in [0, 0.1) is 0 Å². The molecule has 0 unspecified atom stereocenters. The van der Waals surface area contributed by atoms with Gasteiger partial charge in [-0.3, -0.25) is 0 Å². The quantitative estimate of drug-likeness (QED) is 0.111. The van der Waals surface area contributed by atoms with Crippen LogP contribution in [0.4, 0.5) is 0 Å². The molecule has 0 spiro atoms. The monoisotopic (exact) mass is 1400 g/mol. The summed E-state index contributed by atoms with van der Waals surface area (Å²) in [7, 11) is 29.1. The third-order valence-corrected chi connectivity index (χ3v) is 20.3. The fourth-order valence-electron chi connectivity index (χ4n) is 14.8. The average molecular weight is 1400 g/mol. The van der Waals surface area contributed by atoms with Gasteiger partial charge in [-0.15, -0.1) is 0 Å². The molecule has 0 N–H and O–H groups in total. The van der Waals surface area contributed by atoms with E-state index in [0.717, 1.165) is 0 Å². The third kappa shape index (κ3) is 16.5. The molecule has 95 heavy (non-hydrogen) atoms. The highest BCUT2D eigenvalue weighted by Gasteiger charge is 2.62. The van der Waals surface area contributed by atoms with Crippen LogP contribution in [0.5, 0.6) is 0 Å². The van der Waals surface area contributed by atoms with Crippen molar-refractivity contribution in [2.75, 3.05) is 180 Å². The van der Waals surface area contributed by atoms with Gasteiger partial charge in [-0.05, 0) is 0 Å². The zero-order valence-corrected chi connectivity index (χ0v) is 58.9. The first-order chi connectivity index (χ1) is 46.3. The molecule has 18 heterocycles. The molecule has 0 aromatic heterocycles. The van der Waals surface area contributed by atoms with E-state index < -0.39 is 215 Å². The molecule has 14 bridgehead atoms. The molecule has 35 atom stereocenters. The zero-order valence-electron chi connectivity index (χ0n) is 58.0. The van der Waals surface area contributed by atoms with E-state index in [0.29, 0.717) is 0 Å². The topological polar surface area (TPSA) is 305 Å². The second kappa shape index (κ2) is 37.5. The lowest BCUT2D eigenvalue weighted by molar-refractivity contribution is -0.401. The highest BCUT2D eigenvalue weighted by molar-refractivity contribution is 7.99. The molecule has 0 saturated carbocycles. The van der Waals surface area contributed by atoms with Gasteiger partial charge in [0, 0.05) is 147 Å². The first-order valence-electron chi connectivity index (χ1n) is 31.9. The molecule has 0 amide bonds.